The second-order valence-corrected chi connectivity index (χ2v) is 5.67. The number of rotatable bonds is 7. The summed E-state index contributed by atoms with van der Waals surface area (Å²) >= 11 is 6.02. The van der Waals surface area contributed by atoms with Crippen molar-refractivity contribution in [2.75, 3.05) is 13.2 Å². The molecule has 2 aromatic rings. The number of ether oxygens (including phenoxy) is 2. The van der Waals surface area contributed by atoms with Crippen molar-refractivity contribution in [1.82, 2.24) is 5.32 Å². The topological polar surface area (TPSA) is 47.6 Å². The zero-order valence-corrected chi connectivity index (χ0v) is 14.3. The molecular weight excluding hydrogens is 333 g/mol. The van der Waals surface area contributed by atoms with E-state index in [1.165, 1.54) is 24.3 Å². The number of hydrogen-bond acceptors (Lipinski definition) is 3. The Morgan fingerprint density at radius 1 is 1.21 bits per heavy atom. The van der Waals surface area contributed by atoms with Crippen LogP contribution in [0.15, 0.2) is 42.5 Å². The molecule has 0 aliphatic rings. The zero-order valence-electron chi connectivity index (χ0n) is 13.5. The lowest BCUT2D eigenvalue weighted by molar-refractivity contribution is -0.127. The number of aryl methyl sites for hydroxylation is 1. The van der Waals surface area contributed by atoms with Crippen LogP contribution in [0.4, 0.5) is 4.39 Å². The summed E-state index contributed by atoms with van der Waals surface area (Å²) in [5.74, 6) is 0.456. The van der Waals surface area contributed by atoms with Crippen LogP contribution in [0, 0.1) is 12.7 Å². The fourth-order valence-corrected chi connectivity index (χ4v) is 2.09. The van der Waals surface area contributed by atoms with Crippen LogP contribution in [0.2, 0.25) is 5.02 Å². The number of nitrogens with one attached hydrogen (secondary N) is 1. The first-order valence-corrected chi connectivity index (χ1v) is 7.92. The summed E-state index contributed by atoms with van der Waals surface area (Å²) in [6.07, 6.45) is -0.690. The molecule has 128 valence electrons. The van der Waals surface area contributed by atoms with E-state index in [1.807, 2.05) is 19.1 Å². The summed E-state index contributed by atoms with van der Waals surface area (Å²) in [6.45, 7) is 4.18. The lowest BCUT2D eigenvalue weighted by atomic mass is 10.2. The molecule has 0 aromatic heterocycles. The molecule has 2 rings (SSSR count). The van der Waals surface area contributed by atoms with Crippen LogP contribution < -0.4 is 14.8 Å². The summed E-state index contributed by atoms with van der Waals surface area (Å²) in [4.78, 5) is 11.9. The van der Waals surface area contributed by atoms with Crippen LogP contribution in [0.3, 0.4) is 0 Å². The molecule has 4 nitrogen and oxygen atoms in total. The minimum Gasteiger partial charge on any atom is -0.492 e. The van der Waals surface area contributed by atoms with Crippen LogP contribution in [-0.4, -0.2) is 25.2 Å². The molecule has 0 saturated heterocycles. The van der Waals surface area contributed by atoms with E-state index in [0.717, 1.165) is 5.56 Å². The minimum atomic E-state index is -0.690. The predicted molar refractivity (Wildman–Crippen MR) is 91.2 cm³/mol. The van der Waals surface area contributed by atoms with E-state index >= 15 is 0 Å². The molecule has 0 aliphatic heterocycles. The number of carbonyl (C=O) groups excluding carboxylic acids is 1. The van der Waals surface area contributed by atoms with Gasteiger partial charge < -0.3 is 14.8 Å². The molecule has 0 radical (unpaired) electrons. The van der Waals surface area contributed by atoms with E-state index in [-0.39, 0.29) is 11.7 Å². The highest BCUT2D eigenvalue weighted by Gasteiger charge is 2.14. The second kappa shape index (κ2) is 8.55. The van der Waals surface area contributed by atoms with E-state index in [1.54, 1.807) is 13.0 Å². The summed E-state index contributed by atoms with van der Waals surface area (Å²) in [6, 6.07) is 10.9. The van der Waals surface area contributed by atoms with Crippen molar-refractivity contribution in [2.24, 2.45) is 0 Å². The Bertz CT molecular complexity index is 691. The van der Waals surface area contributed by atoms with Crippen molar-refractivity contribution in [3.8, 4) is 11.5 Å². The molecule has 0 heterocycles. The second-order valence-electron chi connectivity index (χ2n) is 5.26. The molecule has 0 aliphatic carbocycles. The number of carbonyl (C=O) groups is 1. The minimum absolute atomic E-state index is 0.273. The SMILES string of the molecule is Cc1ccc(OCCNC(=O)[C@H](C)Oc2ccc(F)cc2)cc1Cl. The maximum atomic E-state index is 12.8. The van der Waals surface area contributed by atoms with Gasteiger partial charge in [0.1, 0.15) is 23.9 Å². The molecule has 0 bridgehead atoms. The highest BCUT2D eigenvalue weighted by Crippen LogP contribution is 2.21. The Kier molecular flexibility index (Phi) is 6.44. The van der Waals surface area contributed by atoms with E-state index in [4.69, 9.17) is 21.1 Å². The normalized spacial score (nSPS) is 11.7. The third-order valence-corrected chi connectivity index (χ3v) is 3.72. The van der Waals surface area contributed by atoms with E-state index < -0.39 is 6.10 Å². The largest absolute Gasteiger partial charge is 0.492 e. The first-order valence-electron chi connectivity index (χ1n) is 7.54. The van der Waals surface area contributed by atoms with E-state index in [2.05, 4.69) is 5.32 Å². The molecule has 1 N–H and O–H groups in total. The van der Waals surface area contributed by atoms with Gasteiger partial charge in [-0.2, -0.15) is 0 Å². The molecule has 2 aromatic carbocycles. The molecule has 24 heavy (non-hydrogen) atoms. The molecule has 0 unspecified atom stereocenters. The number of halogens is 2. The van der Waals surface area contributed by atoms with Crippen LogP contribution in [0.5, 0.6) is 11.5 Å². The average molecular weight is 352 g/mol. The Balaban J connectivity index is 1.72. The fourth-order valence-electron chi connectivity index (χ4n) is 1.92. The predicted octanol–water partition coefficient (Wildman–Crippen LogP) is 3.75. The van der Waals surface area contributed by atoms with Gasteiger partial charge in [0.05, 0.1) is 6.54 Å². The third-order valence-electron chi connectivity index (χ3n) is 3.31. The van der Waals surface area contributed by atoms with Crippen LogP contribution in [0.1, 0.15) is 12.5 Å². The van der Waals surface area contributed by atoms with Crippen molar-refractivity contribution >= 4 is 17.5 Å². The van der Waals surface area contributed by atoms with E-state index in [0.29, 0.717) is 29.7 Å². The maximum absolute atomic E-state index is 12.8. The maximum Gasteiger partial charge on any atom is 0.260 e. The van der Waals surface area contributed by atoms with Gasteiger partial charge in [-0.05, 0) is 55.8 Å². The molecular formula is C18H19ClFNO3. The van der Waals surface area contributed by atoms with Crippen LogP contribution >= 0.6 is 11.6 Å². The van der Waals surface area contributed by atoms with Gasteiger partial charge in [0.2, 0.25) is 0 Å². The smallest absolute Gasteiger partial charge is 0.260 e. The van der Waals surface area contributed by atoms with Crippen molar-refractivity contribution in [3.63, 3.8) is 0 Å². The van der Waals surface area contributed by atoms with Gasteiger partial charge >= 0.3 is 0 Å². The van der Waals surface area contributed by atoms with Crippen molar-refractivity contribution in [3.05, 3.63) is 58.9 Å². The van der Waals surface area contributed by atoms with Crippen molar-refractivity contribution in [1.29, 1.82) is 0 Å². The van der Waals surface area contributed by atoms with Gasteiger partial charge in [-0.25, -0.2) is 4.39 Å². The van der Waals surface area contributed by atoms with Gasteiger partial charge in [0, 0.05) is 5.02 Å². The molecule has 6 heteroatoms. The highest BCUT2D eigenvalue weighted by atomic mass is 35.5. The fraction of sp³-hybridized carbons (Fsp3) is 0.278. The molecule has 1 amide bonds. The number of hydrogen-bond donors (Lipinski definition) is 1. The summed E-state index contributed by atoms with van der Waals surface area (Å²) in [7, 11) is 0. The van der Waals surface area contributed by atoms with Gasteiger partial charge in [0.25, 0.3) is 5.91 Å². The molecule has 0 spiro atoms. The Labute approximate surface area is 145 Å². The zero-order chi connectivity index (χ0) is 17.5. The Hall–Kier alpha value is -2.27. The quantitative estimate of drug-likeness (QED) is 0.773. The van der Waals surface area contributed by atoms with Crippen LogP contribution in [-0.2, 0) is 4.79 Å². The summed E-state index contributed by atoms with van der Waals surface area (Å²) in [5.41, 5.74) is 0.976. The average Bonchev–Trinajstić information content (AvgIpc) is 2.56. The third kappa shape index (κ3) is 5.42. The molecule has 1 atom stereocenters. The van der Waals surface area contributed by atoms with Crippen LogP contribution in [0.25, 0.3) is 0 Å². The summed E-state index contributed by atoms with van der Waals surface area (Å²) in [5, 5.41) is 3.35. The van der Waals surface area contributed by atoms with E-state index in [9.17, 15) is 9.18 Å². The lowest BCUT2D eigenvalue weighted by Crippen LogP contribution is -2.38. The first-order chi connectivity index (χ1) is 11.5. The van der Waals surface area contributed by atoms with Gasteiger partial charge in [-0.3, -0.25) is 4.79 Å². The number of benzene rings is 2. The van der Waals surface area contributed by atoms with Gasteiger partial charge in [-0.15, -0.1) is 0 Å². The number of amides is 1. The molecule has 0 saturated carbocycles. The monoisotopic (exact) mass is 351 g/mol. The Morgan fingerprint density at radius 2 is 1.88 bits per heavy atom. The van der Waals surface area contributed by atoms with Gasteiger partial charge in [-0.1, -0.05) is 17.7 Å². The van der Waals surface area contributed by atoms with Crippen molar-refractivity contribution in [2.45, 2.75) is 20.0 Å². The standard InChI is InChI=1S/C18H19ClFNO3/c1-12-3-6-16(11-17(12)19)23-10-9-21-18(22)13(2)24-15-7-4-14(20)5-8-15/h3-8,11,13H,9-10H2,1-2H3,(H,21,22)/t13-/m0/s1. The van der Waals surface area contributed by atoms with Crippen molar-refractivity contribution < 1.29 is 18.7 Å². The Morgan fingerprint density at radius 3 is 2.54 bits per heavy atom. The lowest BCUT2D eigenvalue weighted by Gasteiger charge is -2.15. The molecule has 0 fully saturated rings. The summed E-state index contributed by atoms with van der Waals surface area (Å²) < 4.78 is 23.8. The van der Waals surface area contributed by atoms with Gasteiger partial charge in [0.15, 0.2) is 6.10 Å². The highest BCUT2D eigenvalue weighted by molar-refractivity contribution is 6.31. The first kappa shape index (κ1) is 18.1.